The first-order chi connectivity index (χ1) is 14.2. The number of hydrogen-bond donors (Lipinski definition) is 1. The van der Waals surface area contributed by atoms with Gasteiger partial charge in [0.15, 0.2) is 0 Å². The van der Waals surface area contributed by atoms with E-state index in [2.05, 4.69) is 26.9 Å². The minimum atomic E-state index is 0.184. The summed E-state index contributed by atoms with van der Waals surface area (Å²) < 4.78 is 0. The van der Waals surface area contributed by atoms with Crippen LogP contribution < -0.4 is 5.32 Å². The van der Waals surface area contributed by atoms with E-state index in [0.29, 0.717) is 18.4 Å². The number of carbonyl (C=O) groups excluding carboxylic acids is 2. The summed E-state index contributed by atoms with van der Waals surface area (Å²) in [6, 6.07) is 0.591. The Kier molecular flexibility index (Phi) is 9.25. The summed E-state index contributed by atoms with van der Waals surface area (Å²) in [5, 5.41) is 3.19. The number of unbranched alkanes of at least 4 members (excludes halogenated alkanes) is 1. The number of carbonyl (C=O) groups is 2. The lowest BCUT2D eigenvalue weighted by atomic mass is 9.92. The van der Waals surface area contributed by atoms with Gasteiger partial charge in [-0.2, -0.15) is 0 Å². The summed E-state index contributed by atoms with van der Waals surface area (Å²) in [7, 11) is 0. The van der Waals surface area contributed by atoms with Crippen LogP contribution in [0.25, 0.3) is 0 Å². The smallest absolute Gasteiger partial charge is 0.223 e. The Balaban J connectivity index is 1.30. The fraction of sp³-hybridized carbons (Fsp3) is 0.913. The van der Waals surface area contributed by atoms with Gasteiger partial charge < -0.3 is 20.0 Å². The molecule has 0 saturated carbocycles. The molecular formula is C23H42N4O2. The number of likely N-dealkylation sites (tertiary alicyclic amines) is 3. The molecule has 1 N–H and O–H groups in total. The van der Waals surface area contributed by atoms with Crippen LogP contribution in [0.15, 0.2) is 0 Å². The van der Waals surface area contributed by atoms with Crippen LogP contribution in [0.1, 0.15) is 71.1 Å². The lowest BCUT2D eigenvalue weighted by molar-refractivity contribution is -0.133. The van der Waals surface area contributed by atoms with E-state index in [-0.39, 0.29) is 11.8 Å². The molecule has 0 spiro atoms. The fourth-order valence-electron chi connectivity index (χ4n) is 5.16. The standard InChI is InChI=1S/C23H42N4O2/c1-2-3-7-22(28)27-17-10-21(11-18-27)26-15-8-20(9-16-26)23(29)24-12-19-25-13-5-4-6-14-25/h20-21H,2-19H2,1H3,(H,24,29). The van der Waals surface area contributed by atoms with Crippen LogP contribution in [-0.4, -0.2) is 84.9 Å². The largest absolute Gasteiger partial charge is 0.355 e. The van der Waals surface area contributed by atoms with E-state index in [0.717, 1.165) is 77.8 Å². The molecule has 3 saturated heterocycles. The zero-order chi connectivity index (χ0) is 20.5. The minimum Gasteiger partial charge on any atom is -0.355 e. The molecule has 2 amide bonds. The van der Waals surface area contributed by atoms with Crippen molar-refractivity contribution in [3.05, 3.63) is 0 Å². The Morgan fingerprint density at radius 1 is 0.897 bits per heavy atom. The highest BCUT2D eigenvalue weighted by atomic mass is 16.2. The third-order valence-electron chi connectivity index (χ3n) is 7.15. The first-order valence-corrected chi connectivity index (χ1v) is 12.2. The molecule has 0 atom stereocenters. The molecule has 0 unspecified atom stereocenters. The first-order valence-electron chi connectivity index (χ1n) is 12.2. The van der Waals surface area contributed by atoms with Gasteiger partial charge >= 0.3 is 0 Å². The third-order valence-corrected chi connectivity index (χ3v) is 7.15. The summed E-state index contributed by atoms with van der Waals surface area (Å²) in [5.41, 5.74) is 0. The van der Waals surface area contributed by atoms with Crippen LogP contribution >= 0.6 is 0 Å². The first kappa shape index (κ1) is 22.5. The Labute approximate surface area is 177 Å². The Bertz CT molecular complexity index is 505. The highest BCUT2D eigenvalue weighted by Gasteiger charge is 2.31. The second kappa shape index (κ2) is 11.9. The predicted octanol–water partition coefficient (Wildman–Crippen LogP) is 2.48. The molecular weight excluding hydrogens is 364 g/mol. The quantitative estimate of drug-likeness (QED) is 0.673. The Morgan fingerprint density at radius 3 is 2.24 bits per heavy atom. The van der Waals surface area contributed by atoms with E-state index in [9.17, 15) is 9.59 Å². The normalized spacial score (nSPS) is 23.3. The van der Waals surface area contributed by atoms with Crippen molar-refractivity contribution >= 4 is 11.8 Å². The lowest BCUT2D eigenvalue weighted by Gasteiger charge is -2.41. The van der Waals surface area contributed by atoms with Crippen molar-refractivity contribution in [1.29, 1.82) is 0 Å². The van der Waals surface area contributed by atoms with Crippen LogP contribution in [0, 0.1) is 5.92 Å². The van der Waals surface area contributed by atoms with E-state index in [4.69, 9.17) is 0 Å². The molecule has 3 rings (SSSR count). The topological polar surface area (TPSA) is 55.9 Å². The van der Waals surface area contributed by atoms with E-state index in [1.807, 2.05) is 0 Å². The molecule has 0 bridgehead atoms. The lowest BCUT2D eigenvalue weighted by Crippen LogP contribution is -2.50. The monoisotopic (exact) mass is 406 g/mol. The zero-order valence-corrected chi connectivity index (χ0v) is 18.5. The van der Waals surface area contributed by atoms with Gasteiger partial charge in [-0.25, -0.2) is 0 Å². The molecule has 6 nitrogen and oxygen atoms in total. The molecule has 3 heterocycles. The average Bonchev–Trinajstić information content (AvgIpc) is 2.78. The Hall–Kier alpha value is -1.14. The molecule has 0 aromatic carbocycles. The fourth-order valence-corrected chi connectivity index (χ4v) is 5.16. The zero-order valence-electron chi connectivity index (χ0n) is 18.5. The maximum Gasteiger partial charge on any atom is 0.223 e. The summed E-state index contributed by atoms with van der Waals surface area (Å²) >= 11 is 0. The maximum atomic E-state index is 12.5. The van der Waals surface area contributed by atoms with Gasteiger partial charge in [-0.1, -0.05) is 19.8 Å². The predicted molar refractivity (Wildman–Crippen MR) is 117 cm³/mol. The second-order valence-corrected chi connectivity index (χ2v) is 9.22. The van der Waals surface area contributed by atoms with Crippen molar-refractivity contribution < 1.29 is 9.59 Å². The summed E-state index contributed by atoms with van der Waals surface area (Å²) in [6.07, 6.45) is 10.9. The van der Waals surface area contributed by atoms with Crippen molar-refractivity contribution in [2.75, 3.05) is 52.4 Å². The summed E-state index contributed by atoms with van der Waals surface area (Å²) in [6.45, 7) is 10.2. The number of rotatable bonds is 8. The van der Waals surface area contributed by atoms with Gasteiger partial charge in [0, 0.05) is 44.6 Å². The van der Waals surface area contributed by atoms with Crippen LogP contribution in [0.2, 0.25) is 0 Å². The van der Waals surface area contributed by atoms with Gasteiger partial charge in [0.05, 0.1) is 0 Å². The van der Waals surface area contributed by atoms with Crippen LogP contribution in [0.5, 0.6) is 0 Å². The molecule has 3 aliphatic heterocycles. The summed E-state index contributed by atoms with van der Waals surface area (Å²) in [4.78, 5) is 31.9. The van der Waals surface area contributed by atoms with Gasteiger partial charge in [0.2, 0.25) is 11.8 Å². The molecule has 166 valence electrons. The maximum absolute atomic E-state index is 12.5. The van der Waals surface area contributed by atoms with Crippen LogP contribution in [0.4, 0.5) is 0 Å². The number of hydrogen-bond acceptors (Lipinski definition) is 4. The molecule has 0 aromatic heterocycles. The molecule has 29 heavy (non-hydrogen) atoms. The molecule has 6 heteroatoms. The van der Waals surface area contributed by atoms with Crippen molar-refractivity contribution in [2.45, 2.75) is 77.2 Å². The number of nitrogens with one attached hydrogen (secondary N) is 1. The minimum absolute atomic E-state index is 0.184. The summed E-state index contributed by atoms with van der Waals surface area (Å²) in [5.74, 6) is 0.784. The highest BCUT2D eigenvalue weighted by Crippen LogP contribution is 2.24. The number of amides is 2. The number of piperidine rings is 3. The van der Waals surface area contributed by atoms with Crippen molar-refractivity contribution in [3.8, 4) is 0 Å². The van der Waals surface area contributed by atoms with Gasteiger partial charge in [-0.3, -0.25) is 9.59 Å². The highest BCUT2D eigenvalue weighted by molar-refractivity contribution is 5.78. The van der Waals surface area contributed by atoms with Crippen LogP contribution in [0.3, 0.4) is 0 Å². The Morgan fingerprint density at radius 2 is 1.59 bits per heavy atom. The SMILES string of the molecule is CCCCC(=O)N1CCC(N2CCC(C(=O)NCCN3CCCCC3)CC2)CC1. The average molecular weight is 407 g/mol. The number of nitrogens with zero attached hydrogens (tertiary/aromatic N) is 3. The molecule has 0 aromatic rings. The molecule has 0 aliphatic carbocycles. The van der Waals surface area contributed by atoms with Gasteiger partial charge in [0.1, 0.15) is 0 Å². The van der Waals surface area contributed by atoms with E-state index in [1.165, 1.54) is 32.4 Å². The van der Waals surface area contributed by atoms with Crippen molar-refractivity contribution in [1.82, 2.24) is 20.0 Å². The van der Waals surface area contributed by atoms with Crippen molar-refractivity contribution in [3.63, 3.8) is 0 Å². The van der Waals surface area contributed by atoms with E-state index in [1.54, 1.807) is 0 Å². The second-order valence-electron chi connectivity index (χ2n) is 9.22. The molecule has 3 aliphatic rings. The van der Waals surface area contributed by atoms with Crippen molar-refractivity contribution in [2.24, 2.45) is 5.92 Å². The van der Waals surface area contributed by atoms with Gasteiger partial charge in [0.25, 0.3) is 0 Å². The van der Waals surface area contributed by atoms with Gasteiger partial charge in [-0.15, -0.1) is 0 Å². The van der Waals surface area contributed by atoms with E-state index >= 15 is 0 Å². The van der Waals surface area contributed by atoms with E-state index < -0.39 is 0 Å². The third kappa shape index (κ3) is 6.95. The molecule has 3 fully saturated rings. The molecule has 0 radical (unpaired) electrons. The van der Waals surface area contributed by atoms with Gasteiger partial charge in [-0.05, 0) is 71.1 Å². The van der Waals surface area contributed by atoms with Crippen LogP contribution in [-0.2, 0) is 9.59 Å².